The summed E-state index contributed by atoms with van der Waals surface area (Å²) in [6.45, 7) is 0.0101. The van der Waals surface area contributed by atoms with E-state index in [4.69, 9.17) is 4.74 Å². The van der Waals surface area contributed by atoms with E-state index >= 15 is 0 Å². The lowest BCUT2D eigenvalue weighted by Gasteiger charge is -2.07. The Kier molecular flexibility index (Phi) is 4.02. The minimum absolute atomic E-state index is 0.0101. The van der Waals surface area contributed by atoms with Gasteiger partial charge in [-0.3, -0.25) is 5.32 Å². The van der Waals surface area contributed by atoms with Gasteiger partial charge in [-0.1, -0.05) is 30.3 Å². The number of ether oxygens (including phenoxy) is 1. The fourth-order valence-corrected chi connectivity index (χ4v) is 1.39. The maximum atomic E-state index is 13.2. The fourth-order valence-electron chi connectivity index (χ4n) is 1.39. The van der Waals surface area contributed by atoms with Crippen LogP contribution in [0.15, 0.2) is 42.6 Å². The van der Waals surface area contributed by atoms with E-state index in [0.717, 1.165) is 17.8 Å². The van der Waals surface area contributed by atoms with Gasteiger partial charge in [-0.05, 0) is 11.6 Å². The van der Waals surface area contributed by atoms with E-state index < -0.39 is 23.5 Å². The second-order valence-corrected chi connectivity index (χ2v) is 3.65. The molecule has 0 fully saturated rings. The lowest BCUT2D eigenvalue weighted by Crippen LogP contribution is -2.16. The number of anilines is 1. The standard InChI is InChI=1S/C13H10F2N2O2/c14-10-6-7-16-12(15)11(10)17-13(18)19-8-9-4-2-1-3-5-9/h1-7H,8H2,(H,17,18). The second-order valence-electron chi connectivity index (χ2n) is 3.65. The van der Waals surface area contributed by atoms with E-state index in [1.54, 1.807) is 24.3 Å². The van der Waals surface area contributed by atoms with Crippen LogP contribution < -0.4 is 5.32 Å². The average Bonchev–Trinajstić information content (AvgIpc) is 2.42. The van der Waals surface area contributed by atoms with Crippen LogP contribution in [0.5, 0.6) is 0 Å². The molecule has 98 valence electrons. The number of carbonyl (C=O) groups excluding carboxylic acids is 1. The van der Waals surface area contributed by atoms with Crippen LogP contribution in [0, 0.1) is 11.8 Å². The zero-order valence-electron chi connectivity index (χ0n) is 9.77. The molecule has 0 unspecified atom stereocenters. The monoisotopic (exact) mass is 264 g/mol. The van der Waals surface area contributed by atoms with Crippen LogP contribution in [-0.2, 0) is 11.3 Å². The lowest BCUT2D eigenvalue weighted by atomic mass is 10.2. The third kappa shape index (κ3) is 3.48. The van der Waals surface area contributed by atoms with Crippen LogP contribution in [0.4, 0.5) is 19.3 Å². The van der Waals surface area contributed by atoms with Gasteiger partial charge in [0.1, 0.15) is 12.3 Å². The Morgan fingerprint density at radius 3 is 2.63 bits per heavy atom. The third-order valence-corrected chi connectivity index (χ3v) is 2.29. The summed E-state index contributed by atoms with van der Waals surface area (Å²) >= 11 is 0. The highest BCUT2D eigenvalue weighted by Gasteiger charge is 2.13. The number of benzene rings is 1. The van der Waals surface area contributed by atoms with Crippen LogP contribution in [-0.4, -0.2) is 11.1 Å². The summed E-state index contributed by atoms with van der Waals surface area (Å²) in [6.07, 6.45) is 0.0140. The number of hydrogen-bond donors (Lipinski definition) is 1. The van der Waals surface area contributed by atoms with Crippen LogP contribution >= 0.6 is 0 Å². The second kappa shape index (κ2) is 5.90. The van der Waals surface area contributed by atoms with Crippen molar-refractivity contribution >= 4 is 11.8 Å². The highest BCUT2D eigenvalue weighted by molar-refractivity contribution is 5.84. The van der Waals surface area contributed by atoms with Crippen molar-refractivity contribution in [2.24, 2.45) is 0 Å². The Bertz CT molecular complexity index is 556. The summed E-state index contributed by atoms with van der Waals surface area (Å²) in [6, 6.07) is 9.87. The van der Waals surface area contributed by atoms with E-state index in [-0.39, 0.29) is 6.61 Å². The van der Waals surface area contributed by atoms with Gasteiger partial charge in [-0.2, -0.15) is 4.39 Å². The van der Waals surface area contributed by atoms with Crippen molar-refractivity contribution < 1.29 is 18.3 Å². The number of carbonyl (C=O) groups is 1. The zero-order chi connectivity index (χ0) is 13.7. The molecule has 0 saturated carbocycles. The van der Waals surface area contributed by atoms with E-state index in [0.29, 0.717) is 0 Å². The molecule has 0 atom stereocenters. The molecule has 0 radical (unpaired) electrons. The van der Waals surface area contributed by atoms with Gasteiger partial charge in [0.05, 0.1) is 0 Å². The number of pyridine rings is 1. The van der Waals surface area contributed by atoms with Crippen LogP contribution in [0.25, 0.3) is 0 Å². The smallest absolute Gasteiger partial charge is 0.412 e. The quantitative estimate of drug-likeness (QED) is 0.866. The van der Waals surface area contributed by atoms with Gasteiger partial charge < -0.3 is 4.74 Å². The molecule has 1 N–H and O–H groups in total. The molecule has 19 heavy (non-hydrogen) atoms. The van der Waals surface area contributed by atoms with Crippen LogP contribution in [0.3, 0.4) is 0 Å². The largest absolute Gasteiger partial charge is 0.444 e. The first kappa shape index (κ1) is 12.9. The molecule has 0 aliphatic rings. The van der Waals surface area contributed by atoms with E-state index in [1.807, 2.05) is 11.4 Å². The van der Waals surface area contributed by atoms with Gasteiger partial charge in [-0.25, -0.2) is 14.2 Å². The van der Waals surface area contributed by atoms with Gasteiger partial charge in [0.25, 0.3) is 0 Å². The SMILES string of the molecule is O=C(Nc1c(F)ccnc1F)OCc1ccccc1. The number of aromatic nitrogens is 1. The van der Waals surface area contributed by atoms with Crippen molar-refractivity contribution in [1.29, 1.82) is 0 Å². The van der Waals surface area contributed by atoms with Crippen LogP contribution in [0.2, 0.25) is 0 Å². The van der Waals surface area contributed by atoms with Crippen molar-refractivity contribution in [1.82, 2.24) is 4.98 Å². The van der Waals surface area contributed by atoms with E-state index in [1.165, 1.54) is 0 Å². The van der Waals surface area contributed by atoms with Gasteiger partial charge >= 0.3 is 6.09 Å². The maximum absolute atomic E-state index is 13.2. The Morgan fingerprint density at radius 2 is 1.95 bits per heavy atom. The zero-order valence-corrected chi connectivity index (χ0v) is 9.77. The summed E-state index contributed by atoms with van der Waals surface area (Å²) in [5.74, 6) is -2.01. The molecule has 6 heteroatoms. The first-order valence-corrected chi connectivity index (χ1v) is 5.44. The number of nitrogens with one attached hydrogen (secondary N) is 1. The first-order chi connectivity index (χ1) is 9.16. The topological polar surface area (TPSA) is 51.2 Å². The number of amides is 1. The Hall–Kier alpha value is -2.50. The molecular formula is C13H10F2N2O2. The molecule has 0 spiro atoms. The Morgan fingerprint density at radius 1 is 1.21 bits per heavy atom. The summed E-state index contributed by atoms with van der Waals surface area (Å²) in [5, 5.41) is 1.98. The van der Waals surface area contributed by atoms with Crippen molar-refractivity contribution in [3.05, 3.63) is 59.9 Å². The van der Waals surface area contributed by atoms with Crippen molar-refractivity contribution in [3.8, 4) is 0 Å². The Balaban J connectivity index is 1.95. The minimum Gasteiger partial charge on any atom is -0.444 e. The normalized spacial score (nSPS) is 10.0. The molecule has 1 heterocycles. The summed E-state index contributed by atoms with van der Waals surface area (Å²) in [5.41, 5.74) is 0.144. The van der Waals surface area contributed by atoms with Crippen molar-refractivity contribution in [3.63, 3.8) is 0 Å². The molecule has 0 bridgehead atoms. The number of hydrogen-bond acceptors (Lipinski definition) is 3. The average molecular weight is 264 g/mol. The Labute approximate surface area is 108 Å². The van der Waals surface area contributed by atoms with Crippen LogP contribution in [0.1, 0.15) is 5.56 Å². The first-order valence-electron chi connectivity index (χ1n) is 5.44. The van der Waals surface area contributed by atoms with Gasteiger partial charge in [0.15, 0.2) is 5.82 Å². The third-order valence-electron chi connectivity index (χ3n) is 2.29. The molecular weight excluding hydrogens is 254 g/mol. The molecule has 1 amide bonds. The summed E-state index contributed by atoms with van der Waals surface area (Å²) in [4.78, 5) is 14.6. The fraction of sp³-hybridized carbons (Fsp3) is 0.0769. The molecule has 2 aromatic rings. The predicted molar refractivity (Wildman–Crippen MR) is 64.4 cm³/mol. The molecule has 0 aliphatic heterocycles. The molecule has 4 nitrogen and oxygen atoms in total. The highest BCUT2D eigenvalue weighted by atomic mass is 19.1. The predicted octanol–water partition coefficient (Wildman–Crippen LogP) is 3.11. The van der Waals surface area contributed by atoms with E-state index in [9.17, 15) is 13.6 Å². The van der Waals surface area contributed by atoms with Gasteiger partial charge in [0.2, 0.25) is 5.95 Å². The summed E-state index contributed by atoms with van der Waals surface area (Å²) in [7, 11) is 0. The van der Waals surface area contributed by atoms with E-state index in [2.05, 4.69) is 4.98 Å². The number of halogens is 2. The van der Waals surface area contributed by atoms with Gasteiger partial charge in [-0.15, -0.1) is 0 Å². The maximum Gasteiger partial charge on any atom is 0.412 e. The van der Waals surface area contributed by atoms with Crippen molar-refractivity contribution in [2.45, 2.75) is 6.61 Å². The van der Waals surface area contributed by atoms with Gasteiger partial charge in [0, 0.05) is 6.20 Å². The molecule has 1 aromatic carbocycles. The minimum atomic E-state index is -1.10. The lowest BCUT2D eigenvalue weighted by molar-refractivity contribution is 0.155. The molecule has 1 aromatic heterocycles. The summed E-state index contributed by atoms with van der Waals surface area (Å²) < 4.78 is 31.2. The molecule has 2 rings (SSSR count). The number of rotatable bonds is 3. The molecule has 0 saturated heterocycles. The van der Waals surface area contributed by atoms with Crippen molar-refractivity contribution in [2.75, 3.05) is 5.32 Å². The molecule has 0 aliphatic carbocycles. The number of nitrogens with zero attached hydrogens (tertiary/aromatic N) is 1. The highest BCUT2D eigenvalue weighted by Crippen LogP contribution is 2.16.